The van der Waals surface area contributed by atoms with Crippen LogP contribution in [0.25, 0.3) is 0 Å². The highest BCUT2D eigenvalue weighted by atomic mass is 19.1. The summed E-state index contributed by atoms with van der Waals surface area (Å²) in [5, 5.41) is 2.71. The van der Waals surface area contributed by atoms with Crippen LogP contribution in [0.3, 0.4) is 0 Å². The lowest BCUT2D eigenvalue weighted by Gasteiger charge is -2.31. The summed E-state index contributed by atoms with van der Waals surface area (Å²) in [4.78, 5) is 27.9. The molecule has 0 aromatic heterocycles. The molecule has 0 saturated carbocycles. The van der Waals surface area contributed by atoms with E-state index in [4.69, 9.17) is 0 Å². The lowest BCUT2D eigenvalue weighted by molar-refractivity contribution is -0.140. The largest absolute Gasteiger partial charge is 0.357 e. The average molecular weight is 419 g/mol. The van der Waals surface area contributed by atoms with Crippen molar-refractivity contribution in [3.63, 3.8) is 0 Å². The van der Waals surface area contributed by atoms with Gasteiger partial charge in [-0.15, -0.1) is 0 Å². The molecule has 1 N–H and O–H groups in total. The molecule has 2 amide bonds. The molecule has 0 unspecified atom stereocenters. The van der Waals surface area contributed by atoms with Gasteiger partial charge < -0.3 is 10.2 Å². The normalized spacial score (nSPS) is 11.6. The van der Waals surface area contributed by atoms with Gasteiger partial charge in [0, 0.05) is 20.0 Å². The Bertz CT molecular complexity index is 1020. The highest BCUT2D eigenvalue weighted by Crippen LogP contribution is 2.18. The van der Waals surface area contributed by atoms with E-state index in [2.05, 4.69) is 5.32 Å². The molecule has 0 heterocycles. The maximum Gasteiger partial charge on any atom is 0.242 e. The topological polar surface area (TPSA) is 49.4 Å². The summed E-state index contributed by atoms with van der Waals surface area (Å²) in [6.07, 6.45) is 0.496. The molecule has 0 fully saturated rings. The third-order valence-corrected chi connectivity index (χ3v) is 5.39. The van der Waals surface area contributed by atoms with Crippen molar-refractivity contribution in [1.29, 1.82) is 0 Å². The number of nitrogens with one attached hydrogen (secondary N) is 1. The minimum atomic E-state index is -0.667. The molecule has 0 radical (unpaired) electrons. The van der Waals surface area contributed by atoms with Crippen molar-refractivity contribution in [3.8, 4) is 0 Å². The number of rotatable bonds is 8. The van der Waals surface area contributed by atoms with Gasteiger partial charge in [0.25, 0.3) is 0 Å². The fraction of sp³-hybridized carbons (Fsp3) is 0.231. The molecule has 3 aromatic rings. The third kappa shape index (κ3) is 6.01. The van der Waals surface area contributed by atoms with Crippen molar-refractivity contribution >= 4 is 11.8 Å². The number of aryl methyl sites for hydroxylation is 1. The zero-order chi connectivity index (χ0) is 22.2. The highest BCUT2D eigenvalue weighted by molar-refractivity contribution is 5.88. The van der Waals surface area contributed by atoms with E-state index in [-0.39, 0.29) is 24.1 Å². The van der Waals surface area contributed by atoms with Crippen molar-refractivity contribution < 1.29 is 14.0 Å². The van der Waals surface area contributed by atoms with Crippen LogP contribution in [0.5, 0.6) is 0 Å². The Morgan fingerprint density at radius 2 is 1.55 bits per heavy atom. The molecular weight excluding hydrogens is 391 g/mol. The first-order valence-electron chi connectivity index (χ1n) is 10.3. The number of hydrogen-bond donors (Lipinski definition) is 1. The Hall–Kier alpha value is -3.47. The predicted octanol–water partition coefficient (Wildman–Crippen LogP) is 4.06. The van der Waals surface area contributed by atoms with E-state index in [0.29, 0.717) is 18.5 Å². The van der Waals surface area contributed by atoms with Crippen molar-refractivity contribution in [2.45, 2.75) is 32.4 Å². The zero-order valence-electron chi connectivity index (χ0n) is 17.8. The molecule has 3 rings (SSSR count). The summed E-state index contributed by atoms with van der Waals surface area (Å²) in [5.74, 6) is -0.746. The van der Waals surface area contributed by atoms with E-state index in [1.807, 2.05) is 61.5 Å². The molecule has 0 spiro atoms. The van der Waals surface area contributed by atoms with Crippen molar-refractivity contribution in [2.24, 2.45) is 0 Å². The SMILES string of the molecule is CNC(=O)[C@H](Cc1ccccc1)N(Cc1ccccc1C)C(=O)Cc1ccc(F)cc1. The van der Waals surface area contributed by atoms with E-state index in [9.17, 15) is 14.0 Å². The fourth-order valence-corrected chi connectivity index (χ4v) is 3.57. The summed E-state index contributed by atoms with van der Waals surface area (Å²) in [6.45, 7) is 2.31. The van der Waals surface area contributed by atoms with E-state index in [1.165, 1.54) is 12.1 Å². The Morgan fingerprint density at radius 3 is 2.19 bits per heavy atom. The van der Waals surface area contributed by atoms with E-state index < -0.39 is 6.04 Å². The Morgan fingerprint density at radius 1 is 0.903 bits per heavy atom. The number of likely N-dealkylation sites (N-methyl/N-ethyl adjacent to an activating group) is 1. The molecule has 160 valence electrons. The maximum atomic E-state index is 13.4. The summed E-state index contributed by atoms with van der Waals surface area (Å²) in [5.41, 5.74) is 3.71. The first kappa shape index (κ1) is 22.2. The van der Waals surface area contributed by atoms with Gasteiger partial charge in [-0.05, 0) is 41.3 Å². The van der Waals surface area contributed by atoms with Gasteiger partial charge in [-0.2, -0.15) is 0 Å². The lowest BCUT2D eigenvalue weighted by atomic mass is 10.0. The van der Waals surface area contributed by atoms with E-state index in [1.54, 1.807) is 24.1 Å². The molecule has 5 heteroatoms. The number of hydrogen-bond acceptors (Lipinski definition) is 2. The van der Waals surface area contributed by atoms with Crippen LogP contribution >= 0.6 is 0 Å². The molecule has 0 aliphatic rings. The van der Waals surface area contributed by atoms with Gasteiger partial charge in [0.15, 0.2) is 0 Å². The van der Waals surface area contributed by atoms with Crippen LogP contribution in [0.4, 0.5) is 4.39 Å². The van der Waals surface area contributed by atoms with Gasteiger partial charge in [-0.25, -0.2) is 4.39 Å². The van der Waals surface area contributed by atoms with Crippen LogP contribution < -0.4 is 5.32 Å². The molecule has 4 nitrogen and oxygen atoms in total. The molecule has 31 heavy (non-hydrogen) atoms. The standard InChI is InChI=1S/C26H27FN2O2/c1-19-8-6-7-11-22(19)18-29(25(30)17-21-12-14-23(27)15-13-21)24(26(31)28-2)16-20-9-4-3-5-10-20/h3-15,24H,16-18H2,1-2H3,(H,28,31)/t24-/m0/s1. The summed E-state index contributed by atoms with van der Waals surface area (Å²) in [6, 6.07) is 22.7. The van der Waals surface area contributed by atoms with Crippen LogP contribution in [0.2, 0.25) is 0 Å². The number of amides is 2. The lowest BCUT2D eigenvalue weighted by Crippen LogP contribution is -2.50. The molecular formula is C26H27FN2O2. The van der Waals surface area contributed by atoms with Gasteiger partial charge in [-0.3, -0.25) is 9.59 Å². The average Bonchev–Trinajstić information content (AvgIpc) is 2.79. The molecule has 0 aliphatic carbocycles. The zero-order valence-corrected chi connectivity index (χ0v) is 17.8. The molecule has 0 saturated heterocycles. The second kappa shape index (κ2) is 10.5. The van der Waals surface area contributed by atoms with Crippen LogP contribution in [-0.2, 0) is 29.0 Å². The van der Waals surface area contributed by atoms with Crippen molar-refractivity contribution in [1.82, 2.24) is 10.2 Å². The van der Waals surface area contributed by atoms with Gasteiger partial charge >= 0.3 is 0 Å². The quantitative estimate of drug-likeness (QED) is 0.600. The van der Waals surface area contributed by atoms with Crippen LogP contribution in [-0.4, -0.2) is 29.8 Å². The maximum absolute atomic E-state index is 13.4. The highest BCUT2D eigenvalue weighted by Gasteiger charge is 2.30. The van der Waals surface area contributed by atoms with Crippen LogP contribution in [0, 0.1) is 12.7 Å². The van der Waals surface area contributed by atoms with Crippen molar-refractivity contribution in [2.75, 3.05) is 7.05 Å². The number of nitrogens with zero attached hydrogens (tertiary/aromatic N) is 1. The second-order valence-corrected chi connectivity index (χ2v) is 7.57. The van der Waals surface area contributed by atoms with Crippen molar-refractivity contribution in [3.05, 3.63) is 107 Å². The minimum absolute atomic E-state index is 0.0917. The summed E-state index contributed by atoms with van der Waals surface area (Å²) >= 11 is 0. The van der Waals surface area contributed by atoms with Gasteiger partial charge in [0.2, 0.25) is 11.8 Å². The van der Waals surface area contributed by atoms with Gasteiger partial charge in [0.1, 0.15) is 11.9 Å². The smallest absolute Gasteiger partial charge is 0.242 e. The third-order valence-electron chi connectivity index (χ3n) is 5.39. The monoisotopic (exact) mass is 418 g/mol. The molecule has 1 atom stereocenters. The predicted molar refractivity (Wildman–Crippen MR) is 120 cm³/mol. The van der Waals surface area contributed by atoms with Crippen LogP contribution in [0.15, 0.2) is 78.9 Å². The molecule has 3 aromatic carbocycles. The number of benzene rings is 3. The Kier molecular flexibility index (Phi) is 7.55. The summed E-state index contributed by atoms with van der Waals surface area (Å²) < 4.78 is 13.3. The second-order valence-electron chi connectivity index (χ2n) is 7.57. The summed E-state index contributed by atoms with van der Waals surface area (Å²) in [7, 11) is 1.58. The minimum Gasteiger partial charge on any atom is -0.357 e. The van der Waals surface area contributed by atoms with E-state index in [0.717, 1.165) is 16.7 Å². The number of carbonyl (C=O) groups is 2. The molecule has 0 bridgehead atoms. The van der Waals surface area contributed by atoms with E-state index >= 15 is 0 Å². The first-order valence-corrected chi connectivity index (χ1v) is 10.3. The Balaban J connectivity index is 1.94. The number of halogens is 1. The fourth-order valence-electron chi connectivity index (χ4n) is 3.57. The number of carbonyl (C=O) groups excluding carboxylic acids is 2. The van der Waals surface area contributed by atoms with Gasteiger partial charge in [0.05, 0.1) is 6.42 Å². The van der Waals surface area contributed by atoms with Crippen LogP contribution in [0.1, 0.15) is 22.3 Å². The first-order chi connectivity index (χ1) is 15.0. The Labute approximate surface area is 182 Å². The van der Waals surface area contributed by atoms with Gasteiger partial charge in [-0.1, -0.05) is 66.7 Å². The molecule has 0 aliphatic heterocycles.